The summed E-state index contributed by atoms with van der Waals surface area (Å²) in [6, 6.07) is 0.851. The van der Waals surface area contributed by atoms with E-state index in [-0.39, 0.29) is 6.03 Å². The number of carbonyl (C=O) groups is 1. The number of hydrogen-bond donors (Lipinski definition) is 1. The van der Waals surface area contributed by atoms with E-state index in [9.17, 15) is 4.79 Å². The molecule has 2 atom stereocenters. The molecule has 4 heteroatoms. The Balaban J connectivity index is 1.84. The largest absolute Gasteiger partial charge is 0.325 e. The first-order valence-corrected chi connectivity index (χ1v) is 7.89. The van der Waals surface area contributed by atoms with Crippen LogP contribution in [0.1, 0.15) is 40.0 Å². The first-order valence-electron chi connectivity index (χ1n) is 7.89. The first-order chi connectivity index (χ1) is 9.11. The summed E-state index contributed by atoms with van der Waals surface area (Å²) in [7, 11) is 0. The van der Waals surface area contributed by atoms with Crippen LogP contribution in [0, 0.1) is 11.8 Å². The predicted molar refractivity (Wildman–Crippen MR) is 78.2 cm³/mol. The smallest absolute Gasteiger partial charge is 0.320 e. The number of carbonyl (C=O) groups excluding carboxylic acids is 1. The van der Waals surface area contributed by atoms with Gasteiger partial charge in [-0.2, -0.15) is 0 Å². The van der Waals surface area contributed by atoms with E-state index in [1.807, 2.05) is 0 Å². The lowest BCUT2D eigenvalue weighted by Gasteiger charge is -2.41. The normalized spacial score (nSPS) is 29.6. The molecular formula is C15H29N3O. The SMILES string of the molecule is CCNC1CCN(C(=O)N2CCC(C)CC2)CC1C. The minimum Gasteiger partial charge on any atom is -0.325 e. The molecule has 2 amide bonds. The quantitative estimate of drug-likeness (QED) is 0.832. The fourth-order valence-corrected chi connectivity index (χ4v) is 3.28. The Kier molecular flexibility index (Phi) is 5.08. The van der Waals surface area contributed by atoms with E-state index < -0.39 is 0 Å². The second-order valence-electron chi connectivity index (χ2n) is 6.33. The molecule has 0 spiro atoms. The molecule has 0 aromatic heterocycles. The Labute approximate surface area is 117 Å². The summed E-state index contributed by atoms with van der Waals surface area (Å²) < 4.78 is 0. The maximum atomic E-state index is 12.5. The summed E-state index contributed by atoms with van der Waals surface area (Å²) >= 11 is 0. The van der Waals surface area contributed by atoms with Gasteiger partial charge in [0, 0.05) is 32.2 Å². The fraction of sp³-hybridized carbons (Fsp3) is 0.933. The minimum absolute atomic E-state index is 0.272. The number of urea groups is 1. The van der Waals surface area contributed by atoms with Gasteiger partial charge in [0.15, 0.2) is 0 Å². The van der Waals surface area contributed by atoms with Crippen LogP contribution >= 0.6 is 0 Å². The molecular weight excluding hydrogens is 238 g/mol. The van der Waals surface area contributed by atoms with Crippen molar-refractivity contribution in [1.29, 1.82) is 0 Å². The van der Waals surface area contributed by atoms with Crippen molar-refractivity contribution in [3.63, 3.8) is 0 Å². The Morgan fingerprint density at radius 1 is 1.11 bits per heavy atom. The van der Waals surface area contributed by atoms with Crippen LogP contribution in [0.4, 0.5) is 4.79 Å². The lowest BCUT2D eigenvalue weighted by molar-refractivity contribution is 0.107. The average molecular weight is 267 g/mol. The maximum Gasteiger partial charge on any atom is 0.320 e. The van der Waals surface area contributed by atoms with Gasteiger partial charge in [0.2, 0.25) is 0 Å². The van der Waals surface area contributed by atoms with Crippen LogP contribution in [0.5, 0.6) is 0 Å². The van der Waals surface area contributed by atoms with Crippen molar-refractivity contribution in [2.24, 2.45) is 11.8 Å². The highest BCUT2D eigenvalue weighted by atomic mass is 16.2. The Morgan fingerprint density at radius 2 is 1.74 bits per heavy atom. The van der Waals surface area contributed by atoms with Gasteiger partial charge in [0.1, 0.15) is 0 Å². The van der Waals surface area contributed by atoms with Crippen LogP contribution in [-0.2, 0) is 0 Å². The van der Waals surface area contributed by atoms with Crippen LogP contribution < -0.4 is 5.32 Å². The Bertz CT molecular complexity index is 300. The lowest BCUT2D eigenvalue weighted by Crippen LogP contribution is -2.54. The van der Waals surface area contributed by atoms with Crippen molar-refractivity contribution < 1.29 is 4.79 Å². The van der Waals surface area contributed by atoms with Gasteiger partial charge in [-0.3, -0.25) is 0 Å². The van der Waals surface area contributed by atoms with Gasteiger partial charge in [0.05, 0.1) is 0 Å². The van der Waals surface area contributed by atoms with E-state index in [2.05, 4.69) is 35.9 Å². The summed E-state index contributed by atoms with van der Waals surface area (Å²) in [5, 5.41) is 3.53. The van der Waals surface area contributed by atoms with Crippen molar-refractivity contribution in [2.45, 2.75) is 46.1 Å². The molecule has 0 aromatic rings. The number of rotatable bonds is 2. The zero-order valence-corrected chi connectivity index (χ0v) is 12.7. The van der Waals surface area contributed by atoms with Crippen LogP contribution in [0.3, 0.4) is 0 Å². The van der Waals surface area contributed by atoms with Crippen LogP contribution in [-0.4, -0.2) is 54.6 Å². The van der Waals surface area contributed by atoms with Gasteiger partial charge in [-0.1, -0.05) is 20.8 Å². The number of nitrogens with one attached hydrogen (secondary N) is 1. The summed E-state index contributed by atoms with van der Waals surface area (Å²) in [6.07, 6.45) is 3.41. The summed E-state index contributed by atoms with van der Waals surface area (Å²) in [5.41, 5.74) is 0. The van der Waals surface area contributed by atoms with E-state index in [4.69, 9.17) is 0 Å². The lowest BCUT2D eigenvalue weighted by atomic mass is 9.94. The number of nitrogens with zero attached hydrogens (tertiary/aromatic N) is 2. The molecule has 2 rings (SSSR count). The summed E-state index contributed by atoms with van der Waals surface area (Å²) in [5.74, 6) is 1.34. The standard InChI is InChI=1S/C15H29N3O/c1-4-16-14-7-10-18(11-13(14)3)15(19)17-8-5-12(2)6-9-17/h12-14,16H,4-11H2,1-3H3. The molecule has 2 unspecified atom stereocenters. The third-order valence-corrected chi connectivity index (χ3v) is 4.70. The van der Waals surface area contributed by atoms with Crippen molar-refractivity contribution in [1.82, 2.24) is 15.1 Å². The fourth-order valence-electron chi connectivity index (χ4n) is 3.28. The van der Waals surface area contributed by atoms with Gasteiger partial charge in [-0.15, -0.1) is 0 Å². The van der Waals surface area contributed by atoms with E-state index in [0.29, 0.717) is 12.0 Å². The summed E-state index contributed by atoms with van der Waals surface area (Å²) in [6.45, 7) is 11.4. The van der Waals surface area contributed by atoms with E-state index in [1.54, 1.807) is 0 Å². The molecule has 0 aliphatic carbocycles. The minimum atomic E-state index is 0.272. The van der Waals surface area contributed by atoms with E-state index in [1.165, 1.54) is 0 Å². The van der Waals surface area contributed by atoms with Crippen LogP contribution in [0.15, 0.2) is 0 Å². The molecule has 0 bridgehead atoms. The topological polar surface area (TPSA) is 35.6 Å². The van der Waals surface area contributed by atoms with Crippen molar-refractivity contribution >= 4 is 6.03 Å². The van der Waals surface area contributed by atoms with Crippen molar-refractivity contribution in [2.75, 3.05) is 32.7 Å². The molecule has 2 aliphatic heterocycles. The molecule has 2 saturated heterocycles. The summed E-state index contributed by atoms with van der Waals surface area (Å²) in [4.78, 5) is 16.6. The maximum absolute atomic E-state index is 12.5. The molecule has 0 aromatic carbocycles. The van der Waals surface area contributed by atoms with Crippen LogP contribution in [0.2, 0.25) is 0 Å². The van der Waals surface area contributed by atoms with Gasteiger partial charge in [0.25, 0.3) is 0 Å². The zero-order chi connectivity index (χ0) is 13.8. The Hall–Kier alpha value is -0.770. The predicted octanol–water partition coefficient (Wildman–Crippen LogP) is 2.16. The number of likely N-dealkylation sites (tertiary alicyclic amines) is 2. The van der Waals surface area contributed by atoms with Gasteiger partial charge in [-0.25, -0.2) is 4.79 Å². The molecule has 2 fully saturated rings. The van der Waals surface area contributed by atoms with Crippen molar-refractivity contribution in [3.05, 3.63) is 0 Å². The third kappa shape index (κ3) is 3.62. The molecule has 4 nitrogen and oxygen atoms in total. The Morgan fingerprint density at radius 3 is 2.32 bits per heavy atom. The van der Waals surface area contributed by atoms with Crippen molar-refractivity contribution in [3.8, 4) is 0 Å². The number of amides is 2. The molecule has 0 radical (unpaired) electrons. The number of hydrogen-bond acceptors (Lipinski definition) is 2. The monoisotopic (exact) mass is 267 g/mol. The van der Waals surface area contributed by atoms with Crippen LogP contribution in [0.25, 0.3) is 0 Å². The molecule has 110 valence electrons. The molecule has 1 N–H and O–H groups in total. The third-order valence-electron chi connectivity index (χ3n) is 4.70. The van der Waals surface area contributed by atoms with E-state index in [0.717, 1.165) is 57.9 Å². The number of piperidine rings is 2. The second kappa shape index (κ2) is 6.60. The molecule has 2 aliphatic rings. The van der Waals surface area contributed by atoms with Gasteiger partial charge < -0.3 is 15.1 Å². The van der Waals surface area contributed by atoms with E-state index >= 15 is 0 Å². The zero-order valence-electron chi connectivity index (χ0n) is 12.7. The highest BCUT2D eigenvalue weighted by Crippen LogP contribution is 2.21. The first kappa shape index (κ1) is 14.6. The molecule has 0 saturated carbocycles. The van der Waals surface area contributed by atoms with Gasteiger partial charge in [-0.05, 0) is 37.6 Å². The molecule has 19 heavy (non-hydrogen) atoms. The second-order valence-corrected chi connectivity index (χ2v) is 6.33. The van der Waals surface area contributed by atoms with Gasteiger partial charge >= 0.3 is 6.03 Å². The molecule has 2 heterocycles. The average Bonchev–Trinajstić information content (AvgIpc) is 2.41. The highest BCUT2D eigenvalue weighted by Gasteiger charge is 2.31. The highest BCUT2D eigenvalue weighted by molar-refractivity contribution is 5.74.